The van der Waals surface area contributed by atoms with Crippen LogP contribution in [0.25, 0.3) is 0 Å². The van der Waals surface area contributed by atoms with Crippen molar-refractivity contribution in [2.75, 3.05) is 30.7 Å². The molecule has 0 saturated carbocycles. The molecule has 2 aromatic heterocycles. The van der Waals surface area contributed by atoms with Crippen LogP contribution in [0.4, 0.5) is 15.5 Å². The predicted molar refractivity (Wildman–Crippen MR) is 96.7 cm³/mol. The van der Waals surface area contributed by atoms with Crippen molar-refractivity contribution in [2.45, 2.75) is 13.3 Å². The monoisotopic (exact) mass is 377 g/mol. The number of amides is 2. The molecule has 1 saturated heterocycles. The molecule has 138 valence electrons. The number of carboxylic acid groups (broad SMARTS) is 1. The van der Waals surface area contributed by atoms with Gasteiger partial charge in [-0.2, -0.15) is 4.37 Å². The van der Waals surface area contributed by atoms with Crippen molar-refractivity contribution in [1.29, 1.82) is 0 Å². The second-order valence-corrected chi connectivity index (χ2v) is 6.85. The average Bonchev–Trinajstić information content (AvgIpc) is 3.21. The molecule has 0 spiro atoms. The van der Waals surface area contributed by atoms with Crippen LogP contribution in [0.2, 0.25) is 0 Å². The normalized spacial score (nSPS) is 16.5. The van der Waals surface area contributed by atoms with E-state index in [1.165, 1.54) is 11.1 Å². The van der Waals surface area contributed by atoms with Crippen molar-refractivity contribution < 1.29 is 19.4 Å². The van der Waals surface area contributed by atoms with E-state index in [0.29, 0.717) is 47.5 Å². The van der Waals surface area contributed by atoms with Gasteiger partial charge in [-0.15, -0.1) is 0 Å². The summed E-state index contributed by atoms with van der Waals surface area (Å²) in [5.74, 6) is 0.248. The van der Waals surface area contributed by atoms with Crippen LogP contribution in [0, 0.1) is 12.8 Å². The summed E-state index contributed by atoms with van der Waals surface area (Å²) < 4.78 is 9.67. The molecular formula is C16H19N5O4S. The number of nitrogens with two attached hydrogens (primary N) is 1. The number of aryl methyl sites for hydroxylation is 1. The van der Waals surface area contributed by atoms with Gasteiger partial charge in [0, 0.05) is 25.1 Å². The van der Waals surface area contributed by atoms with Gasteiger partial charge in [-0.1, -0.05) is 0 Å². The third-order valence-electron chi connectivity index (χ3n) is 4.13. The highest BCUT2D eigenvalue weighted by Crippen LogP contribution is 2.23. The Labute approximate surface area is 154 Å². The molecule has 9 nitrogen and oxygen atoms in total. The number of nitrogens with one attached hydrogen (secondary N) is 1. The summed E-state index contributed by atoms with van der Waals surface area (Å²) in [7, 11) is 0. The zero-order chi connectivity index (χ0) is 18.7. The number of pyridine rings is 1. The molecule has 1 atom stereocenters. The number of aromatic nitrogens is 2. The third-order valence-corrected chi connectivity index (χ3v) is 4.90. The van der Waals surface area contributed by atoms with Crippen molar-refractivity contribution in [3.8, 4) is 5.88 Å². The van der Waals surface area contributed by atoms with Crippen molar-refractivity contribution >= 4 is 34.2 Å². The highest BCUT2D eigenvalue weighted by Gasteiger charge is 2.26. The lowest BCUT2D eigenvalue weighted by Gasteiger charge is -2.13. The zero-order valence-electron chi connectivity index (χ0n) is 14.1. The second kappa shape index (κ2) is 7.56. The van der Waals surface area contributed by atoms with E-state index in [1.54, 1.807) is 19.1 Å². The van der Waals surface area contributed by atoms with E-state index in [4.69, 9.17) is 15.6 Å². The molecule has 2 aromatic rings. The molecular weight excluding hydrogens is 358 g/mol. The van der Waals surface area contributed by atoms with E-state index in [2.05, 4.69) is 14.7 Å². The SMILES string of the molecule is Cc1nsc(N)c1C(=O)Nc1ccc(OC[C@H]2CCN(C(=O)O)C2)nc1. The lowest BCUT2D eigenvalue weighted by Crippen LogP contribution is -2.27. The molecule has 0 bridgehead atoms. The van der Waals surface area contributed by atoms with Crippen LogP contribution < -0.4 is 15.8 Å². The van der Waals surface area contributed by atoms with Gasteiger partial charge < -0.3 is 25.8 Å². The number of likely N-dealkylation sites (tertiary alicyclic amines) is 1. The Morgan fingerprint density at radius 2 is 2.31 bits per heavy atom. The van der Waals surface area contributed by atoms with E-state index < -0.39 is 6.09 Å². The first kappa shape index (κ1) is 17.9. The number of nitrogen functional groups attached to an aromatic ring is 1. The maximum absolute atomic E-state index is 12.3. The fourth-order valence-corrected chi connectivity index (χ4v) is 3.40. The molecule has 0 unspecified atom stereocenters. The molecule has 4 N–H and O–H groups in total. The molecule has 3 heterocycles. The van der Waals surface area contributed by atoms with Crippen molar-refractivity contribution in [3.05, 3.63) is 29.6 Å². The van der Waals surface area contributed by atoms with Gasteiger partial charge in [0.05, 0.1) is 29.7 Å². The first-order valence-electron chi connectivity index (χ1n) is 8.04. The topological polar surface area (TPSA) is 131 Å². The van der Waals surface area contributed by atoms with Gasteiger partial charge >= 0.3 is 6.09 Å². The maximum Gasteiger partial charge on any atom is 0.407 e. The average molecular weight is 377 g/mol. The Hall–Kier alpha value is -2.88. The van der Waals surface area contributed by atoms with Crippen LogP contribution >= 0.6 is 11.5 Å². The van der Waals surface area contributed by atoms with Crippen molar-refractivity contribution in [2.24, 2.45) is 5.92 Å². The summed E-state index contributed by atoms with van der Waals surface area (Å²) in [6.07, 6.45) is 1.37. The number of anilines is 2. The summed E-state index contributed by atoms with van der Waals surface area (Å²) in [6, 6.07) is 3.34. The summed E-state index contributed by atoms with van der Waals surface area (Å²) in [5, 5.41) is 12.1. The second-order valence-electron chi connectivity index (χ2n) is 6.04. The first-order valence-corrected chi connectivity index (χ1v) is 8.81. The largest absolute Gasteiger partial charge is 0.477 e. The quantitative estimate of drug-likeness (QED) is 0.727. The Bertz CT molecular complexity index is 788. The predicted octanol–water partition coefficient (Wildman–Crippen LogP) is 2.06. The molecule has 0 radical (unpaired) electrons. The molecule has 3 rings (SSSR count). The molecule has 1 aliphatic heterocycles. The zero-order valence-corrected chi connectivity index (χ0v) is 15.0. The maximum atomic E-state index is 12.3. The van der Waals surface area contributed by atoms with Crippen LogP contribution in [0.15, 0.2) is 18.3 Å². The molecule has 1 aliphatic rings. The van der Waals surface area contributed by atoms with Crippen molar-refractivity contribution in [1.82, 2.24) is 14.3 Å². The van der Waals surface area contributed by atoms with E-state index >= 15 is 0 Å². The third kappa shape index (κ3) is 4.02. The van der Waals surface area contributed by atoms with Gasteiger partial charge in [-0.05, 0) is 30.9 Å². The fourth-order valence-electron chi connectivity index (χ4n) is 2.74. The van der Waals surface area contributed by atoms with Gasteiger partial charge in [-0.3, -0.25) is 4.79 Å². The van der Waals surface area contributed by atoms with Gasteiger partial charge in [-0.25, -0.2) is 9.78 Å². The van der Waals surface area contributed by atoms with Crippen LogP contribution in [-0.4, -0.2) is 51.1 Å². The highest BCUT2D eigenvalue weighted by atomic mass is 32.1. The smallest absolute Gasteiger partial charge is 0.407 e. The van der Waals surface area contributed by atoms with Crippen LogP contribution in [0.3, 0.4) is 0 Å². The van der Waals surface area contributed by atoms with Gasteiger partial charge in [0.15, 0.2) is 0 Å². The highest BCUT2D eigenvalue weighted by molar-refractivity contribution is 7.10. The molecule has 2 amide bonds. The Balaban J connectivity index is 1.52. The molecule has 0 aliphatic carbocycles. The number of hydrogen-bond donors (Lipinski definition) is 3. The van der Waals surface area contributed by atoms with Gasteiger partial charge in [0.1, 0.15) is 5.00 Å². The van der Waals surface area contributed by atoms with E-state index in [-0.39, 0.29) is 11.8 Å². The molecule has 0 aromatic carbocycles. The lowest BCUT2D eigenvalue weighted by atomic mass is 10.1. The molecule has 1 fully saturated rings. The lowest BCUT2D eigenvalue weighted by molar-refractivity contribution is 0.102. The summed E-state index contributed by atoms with van der Waals surface area (Å²) in [6.45, 7) is 3.13. The van der Waals surface area contributed by atoms with Crippen LogP contribution in [0.5, 0.6) is 5.88 Å². The summed E-state index contributed by atoms with van der Waals surface area (Å²) >= 11 is 1.08. The summed E-state index contributed by atoms with van der Waals surface area (Å²) in [5.41, 5.74) is 7.25. The standard InChI is InChI=1S/C16H19N5O4S/c1-9-13(14(17)26-20-9)15(22)19-11-2-3-12(18-6-11)25-8-10-4-5-21(7-10)16(23)24/h2-3,6,10H,4-5,7-8,17H2,1H3,(H,19,22)(H,23,24)/t10-/m0/s1. The number of carbonyl (C=O) groups excluding carboxylic acids is 1. The van der Waals surface area contributed by atoms with E-state index in [1.807, 2.05) is 0 Å². The summed E-state index contributed by atoms with van der Waals surface area (Å²) in [4.78, 5) is 28.7. The minimum Gasteiger partial charge on any atom is -0.477 e. The number of rotatable bonds is 5. The number of nitrogens with zero attached hydrogens (tertiary/aromatic N) is 3. The Morgan fingerprint density at radius 3 is 2.88 bits per heavy atom. The van der Waals surface area contributed by atoms with Crippen molar-refractivity contribution in [3.63, 3.8) is 0 Å². The number of carbonyl (C=O) groups is 2. The fraction of sp³-hybridized carbons (Fsp3) is 0.375. The Morgan fingerprint density at radius 1 is 1.50 bits per heavy atom. The van der Waals surface area contributed by atoms with Gasteiger partial charge in [0.25, 0.3) is 5.91 Å². The first-order chi connectivity index (χ1) is 12.4. The van der Waals surface area contributed by atoms with Crippen LogP contribution in [0.1, 0.15) is 22.5 Å². The van der Waals surface area contributed by atoms with Gasteiger partial charge in [0.2, 0.25) is 5.88 Å². The number of hydrogen-bond acceptors (Lipinski definition) is 7. The minimum absolute atomic E-state index is 0.157. The molecule has 10 heteroatoms. The molecule has 26 heavy (non-hydrogen) atoms. The van der Waals surface area contributed by atoms with E-state index in [9.17, 15) is 9.59 Å². The number of ether oxygens (including phenoxy) is 1. The van der Waals surface area contributed by atoms with E-state index in [0.717, 1.165) is 18.0 Å². The van der Waals surface area contributed by atoms with Crippen LogP contribution in [-0.2, 0) is 0 Å². The Kier molecular flexibility index (Phi) is 5.21. The minimum atomic E-state index is -0.901.